The molecule has 2 aromatic rings. The van der Waals surface area contributed by atoms with Crippen molar-refractivity contribution >= 4 is 55.3 Å². The summed E-state index contributed by atoms with van der Waals surface area (Å²) in [6, 6.07) is 0. The number of aldehydes is 1. The SMILES string of the molecule is C/C=C(/C)c1c(Br)c(OC)c(C=O)c2c1C(=O)Oc1c(C)c(OCC=C(C)C)c(Br)c(/C(C)=C/C)c1O2. The molecule has 0 bridgehead atoms. The summed E-state index contributed by atoms with van der Waals surface area (Å²) in [5, 5.41) is 0. The lowest BCUT2D eigenvalue weighted by atomic mass is 9.96. The van der Waals surface area contributed by atoms with Crippen molar-refractivity contribution in [1.29, 1.82) is 0 Å². The fourth-order valence-electron chi connectivity index (χ4n) is 4.01. The Morgan fingerprint density at radius 1 is 0.892 bits per heavy atom. The van der Waals surface area contributed by atoms with E-state index in [-0.39, 0.29) is 28.4 Å². The molecule has 2 aromatic carbocycles. The highest BCUT2D eigenvalue weighted by atomic mass is 79.9. The number of carbonyl (C=O) groups is 2. The lowest BCUT2D eigenvalue weighted by Gasteiger charge is -2.22. The second kappa shape index (κ2) is 11.7. The van der Waals surface area contributed by atoms with E-state index in [0.29, 0.717) is 50.0 Å². The number of fused-ring (bicyclic) bond motifs is 2. The first-order chi connectivity index (χ1) is 17.5. The van der Waals surface area contributed by atoms with E-state index < -0.39 is 5.97 Å². The topological polar surface area (TPSA) is 71.1 Å². The Labute approximate surface area is 234 Å². The van der Waals surface area contributed by atoms with Gasteiger partial charge in [0.25, 0.3) is 0 Å². The monoisotopic (exact) mass is 632 g/mol. The third kappa shape index (κ3) is 5.14. The summed E-state index contributed by atoms with van der Waals surface area (Å²) in [5.41, 5.74) is 4.75. The number of allylic oxidation sites excluding steroid dienone is 5. The molecule has 1 aliphatic rings. The smallest absolute Gasteiger partial charge is 0.348 e. The summed E-state index contributed by atoms with van der Waals surface area (Å²) >= 11 is 7.25. The number of rotatable bonds is 7. The van der Waals surface area contributed by atoms with Crippen molar-refractivity contribution in [3.05, 3.63) is 60.6 Å². The molecule has 0 aromatic heterocycles. The van der Waals surface area contributed by atoms with Crippen LogP contribution in [0.1, 0.15) is 78.9 Å². The number of esters is 1. The first-order valence-corrected chi connectivity index (χ1v) is 13.3. The maximum Gasteiger partial charge on any atom is 0.348 e. The van der Waals surface area contributed by atoms with Crippen molar-refractivity contribution in [2.24, 2.45) is 0 Å². The molecule has 0 saturated heterocycles. The molecule has 0 atom stereocenters. The van der Waals surface area contributed by atoms with Gasteiger partial charge in [0.15, 0.2) is 23.5 Å². The van der Waals surface area contributed by atoms with Gasteiger partial charge >= 0.3 is 5.97 Å². The predicted molar refractivity (Wildman–Crippen MR) is 154 cm³/mol. The van der Waals surface area contributed by atoms with E-state index in [2.05, 4.69) is 31.9 Å². The van der Waals surface area contributed by atoms with Gasteiger partial charge in [0, 0.05) is 16.7 Å². The van der Waals surface area contributed by atoms with E-state index in [9.17, 15) is 9.59 Å². The van der Waals surface area contributed by atoms with Crippen LogP contribution in [0.5, 0.6) is 28.7 Å². The quantitative estimate of drug-likeness (QED) is 0.131. The normalized spacial score (nSPS) is 13.1. The molecule has 1 aliphatic heterocycles. The van der Waals surface area contributed by atoms with Gasteiger partial charge in [-0.1, -0.05) is 17.7 Å². The minimum Gasteiger partial charge on any atom is -0.495 e. The fraction of sp³-hybridized carbons (Fsp3) is 0.310. The van der Waals surface area contributed by atoms with Crippen LogP contribution in [0, 0.1) is 6.92 Å². The first-order valence-electron chi connectivity index (χ1n) is 11.7. The molecule has 0 radical (unpaired) electrons. The van der Waals surface area contributed by atoms with Crippen molar-refractivity contribution in [2.45, 2.75) is 48.5 Å². The second-order valence-electron chi connectivity index (χ2n) is 8.79. The molecule has 0 amide bonds. The first kappa shape index (κ1) is 28.7. The van der Waals surface area contributed by atoms with Crippen molar-refractivity contribution in [3.8, 4) is 28.7 Å². The lowest BCUT2D eigenvalue weighted by Crippen LogP contribution is -2.13. The summed E-state index contributed by atoms with van der Waals surface area (Å²) in [6.07, 6.45) is 6.36. The van der Waals surface area contributed by atoms with Crippen molar-refractivity contribution in [2.75, 3.05) is 13.7 Å². The van der Waals surface area contributed by atoms with E-state index in [4.69, 9.17) is 18.9 Å². The second-order valence-corrected chi connectivity index (χ2v) is 10.4. The molecule has 8 heteroatoms. The van der Waals surface area contributed by atoms with Crippen LogP contribution >= 0.6 is 31.9 Å². The number of benzene rings is 2. The molecule has 6 nitrogen and oxygen atoms in total. The highest BCUT2D eigenvalue weighted by Gasteiger charge is 2.37. The maximum absolute atomic E-state index is 13.7. The van der Waals surface area contributed by atoms with Crippen LogP contribution in [-0.4, -0.2) is 26.0 Å². The predicted octanol–water partition coefficient (Wildman–Crippen LogP) is 8.86. The van der Waals surface area contributed by atoms with E-state index in [1.165, 1.54) is 7.11 Å². The van der Waals surface area contributed by atoms with Gasteiger partial charge in [-0.2, -0.15) is 0 Å². The summed E-state index contributed by atoms with van der Waals surface area (Å²) in [6.45, 7) is 13.7. The highest BCUT2D eigenvalue weighted by Crippen LogP contribution is 2.55. The van der Waals surface area contributed by atoms with Crippen molar-refractivity contribution < 1.29 is 28.5 Å². The molecule has 0 unspecified atom stereocenters. The maximum atomic E-state index is 13.7. The summed E-state index contributed by atoms with van der Waals surface area (Å²) in [4.78, 5) is 26.1. The molecule has 196 valence electrons. The Bertz CT molecular complexity index is 1380. The van der Waals surface area contributed by atoms with Crippen molar-refractivity contribution in [1.82, 2.24) is 0 Å². The molecule has 37 heavy (non-hydrogen) atoms. The average molecular weight is 634 g/mol. The molecule has 0 N–H and O–H groups in total. The van der Waals surface area contributed by atoms with Crippen LogP contribution in [0.25, 0.3) is 11.1 Å². The molecule has 0 spiro atoms. The van der Waals surface area contributed by atoms with E-state index in [0.717, 1.165) is 16.7 Å². The highest BCUT2D eigenvalue weighted by molar-refractivity contribution is 9.11. The van der Waals surface area contributed by atoms with Gasteiger partial charge in [0.1, 0.15) is 29.2 Å². The number of hydrogen-bond acceptors (Lipinski definition) is 6. The minimum absolute atomic E-state index is 0.0738. The lowest BCUT2D eigenvalue weighted by molar-refractivity contribution is 0.0735. The molecule has 1 heterocycles. The van der Waals surface area contributed by atoms with Crippen LogP contribution in [0.2, 0.25) is 0 Å². The Balaban J connectivity index is 2.46. The largest absolute Gasteiger partial charge is 0.495 e. The van der Waals surface area contributed by atoms with Crippen LogP contribution in [-0.2, 0) is 0 Å². The van der Waals surface area contributed by atoms with Crippen LogP contribution in [0.4, 0.5) is 0 Å². The van der Waals surface area contributed by atoms with Gasteiger partial charge in [0.05, 0.1) is 16.1 Å². The summed E-state index contributed by atoms with van der Waals surface area (Å²) in [7, 11) is 1.46. The Kier molecular flexibility index (Phi) is 9.08. The van der Waals surface area contributed by atoms with Crippen LogP contribution < -0.4 is 18.9 Å². The molecular weight excluding hydrogens is 604 g/mol. The number of ether oxygens (including phenoxy) is 4. The third-order valence-corrected chi connectivity index (χ3v) is 7.73. The number of methoxy groups -OCH3 is 1. The van der Waals surface area contributed by atoms with Crippen LogP contribution in [0.3, 0.4) is 0 Å². The van der Waals surface area contributed by atoms with Gasteiger partial charge in [-0.3, -0.25) is 4.79 Å². The number of carbonyl (C=O) groups excluding carboxylic acids is 2. The minimum atomic E-state index is -0.652. The molecule has 0 saturated carbocycles. The Hall–Kier alpha value is -2.84. The third-order valence-electron chi connectivity index (χ3n) is 6.22. The Morgan fingerprint density at radius 3 is 2.03 bits per heavy atom. The van der Waals surface area contributed by atoms with E-state index in [1.54, 1.807) is 6.92 Å². The summed E-state index contributed by atoms with van der Waals surface area (Å²) in [5.74, 6) is 0.754. The van der Waals surface area contributed by atoms with Gasteiger partial charge < -0.3 is 18.9 Å². The van der Waals surface area contributed by atoms with Gasteiger partial charge in [-0.15, -0.1) is 0 Å². The molecular formula is C29H30Br2O6. The zero-order chi connectivity index (χ0) is 27.6. The van der Waals surface area contributed by atoms with E-state index >= 15 is 0 Å². The van der Waals surface area contributed by atoms with Crippen LogP contribution in [0.15, 0.2) is 32.7 Å². The standard InChI is InChI=1S/C29H30Br2O6/c1-9-15(5)19-21-26(18(13-32)27(34-8)22(19)30)36-28-20(16(6)10-2)23(31)24(35-12-11-14(3)4)17(7)25(28)37-29(21)33/h9-11,13H,12H2,1-8H3/b15-9-,16-10+. The molecule has 0 fully saturated rings. The number of halogens is 2. The average Bonchev–Trinajstić information content (AvgIpc) is 3.01. The molecule has 3 rings (SSSR count). The fourth-order valence-corrected chi connectivity index (χ4v) is 5.80. The zero-order valence-electron chi connectivity index (χ0n) is 22.2. The van der Waals surface area contributed by atoms with E-state index in [1.807, 2.05) is 59.8 Å². The Morgan fingerprint density at radius 2 is 1.49 bits per heavy atom. The summed E-state index contributed by atoms with van der Waals surface area (Å²) < 4.78 is 25.3. The van der Waals surface area contributed by atoms with Crippen molar-refractivity contribution in [3.63, 3.8) is 0 Å². The molecule has 0 aliphatic carbocycles. The van der Waals surface area contributed by atoms with Gasteiger partial charge in [-0.05, 0) is 97.5 Å². The zero-order valence-corrected chi connectivity index (χ0v) is 25.4. The van der Waals surface area contributed by atoms with Gasteiger partial charge in [0.2, 0.25) is 0 Å². The number of hydrogen-bond donors (Lipinski definition) is 0. The van der Waals surface area contributed by atoms with Gasteiger partial charge in [-0.25, -0.2) is 4.79 Å².